The molecule has 0 saturated heterocycles. The van der Waals surface area contributed by atoms with Crippen molar-refractivity contribution >= 4 is 29.1 Å². The normalized spacial score (nSPS) is 12.6. The van der Waals surface area contributed by atoms with Gasteiger partial charge in [-0.15, -0.1) is 5.10 Å². The van der Waals surface area contributed by atoms with Crippen molar-refractivity contribution in [3.63, 3.8) is 0 Å². The highest BCUT2D eigenvalue weighted by Crippen LogP contribution is 2.29. The van der Waals surface area contributed by atoms with E-state index in [-0.39, 0.29) is 11.8 Å². The van der Waals surface area contributed by atoms with Crippen LogP contribution < -0.4 is 5.32 Å². The summed E-state index contributed by atoms with van der Waals surface area (Å²) in [5, 5.41) is 7.89. The summed E-state index contributed by atoms with van der Waals surface area (Å²) in [6, 6.07) is 27.1. The van der Waals surface area contributed by atoms with Gasteiger partial charge in [-0.05, 0) is 59.2 Å². The molecule has 1 aliphatic heterocycles. The van der Waals surface area contributed by atoms with Crippen molar-refractivity contribution in [3.8, 4) is 11.1 Å². The summed E-state index contributed by atoms with van der Waals surface area (Å²) >= 11 is 0. The van der Waals surface area contributed by atoms with Crippen LogP contribution in [-0.2, 0) is 13.1 Å². The first-order valence-electron chi connectivity index (χ1n) is 12.4. The molecule has 8 nitrogen and oxygen atoms in total. The highest BCUT2D eigenvalue weighted by Gasteiger charge is 2.27. The third-order valence-corrected chi connectivity index (χ3v) is 6.67. The van der Waals surface area contributed by atoms with Crippen molar-refractivity contribution in [1.29, 1.82) is 0 Å². The third-order valence-electron chi connectivity index (χ3n) is 6.67. The highest BCUT2D eigenvalue weighted by atomic mass is 16.2. The maximum atomic E-state index is 12.9. The van der Waals surface area contributed by atoms with E-state index in [4.69, 9.17) is 4.98 Å². The molecule has 8 heteroatoms. The molecule has 0 saturated carbocycles. The molecule has 1 aliphatic rings. The Morgan fingerprint density at radius 3 is 2.50 bits per heavy atom. The van der Waals surface area contributed by atoms with Crippen LogP contribution >= 0.6 is 0 Å². The van der Waals surface area contributed by atoms with Crippen LogP contribution in [0, 0.1) is 0 Å². The molecule has 0 spiro atoms. The molecule has 38 heavy (non-hydrogen) atoms. The van der Waals surface area contributed by atoms with Crippen LogP contribution in [0.5, 0.6) is 0 Å². The molecule has 5 aromatic rings. The maximum Gasteiger partial charge on any atom is 0.254 e. The van der Waals surface area contributed by atoms with Gasteiger partial charge in [0, 0.05) is 55.8 Å². The van der Waals surface area contributed by atoms with Gasteiger partial charge in [0.1, 0.15) is 0 Å². The lowest BCUT2D eigenvalue weighted by Crippen LogP contribution is -2.23. The van der Waals surface area contributed by atoms with Crippen LogP contribution in [0.25, 0.3) is 16.8 Å². The van der Waals surface area contributed by atoms with Gasteiger partial charge >= 0.3 is 0 Å². The number of pyridine rings is 1. The molecule has 0 fully saturated rings. The number of amides is 2. The van der Waals surface area contributed by atoms with Gasteiger partial charge in [-0.2, -0.15) is 4.98 Å². The second kappa shape index (κ2) is 9.48. The lowest BCUT2D eigenvalue weighted by Gasteiger charge is -2.15. The van der Waals surface area contributed by atoms with Gasteiger partial charge in [-0.3, -0.25) is 9.59 Å². The number of fused-ring (bicyclic) bond motifs is 2. The monoisotopic (exact) mass is 502 g/mol. The predicted octanol–water partition coefficient (Wildman–Crippen LogP) is 5.00. The molecule has 1 N–H and O–H groups in total. The molecular weight excluding hydrogens is 476 g/mol. The van der Waals surface area contributed by atoms with Gasteiger partial charge in [0.25, 0.3) is 11.8 Å². The number of nitrogens with one attached hydrogen (secondary N) is 1. The maximum absolute atomic E-state index is 12.9. The third kappa shape index (κ3) is 4.37. The molecule has 2 aromatic heterocycles. The predicted molar refractivity (Wildman–Crippen MR) is 146 cm³/mol. The Kier molecular flexibility index (Phi) is 5.84. The quantitative estimate of drug-likeness (QED) is 0.353. The number of nitrogens with zero attached hydrogens (tertiary/aromatic N) is 5. The molecule has 0 radical (unpaired) electrons. The van der Waals surface area contributed by atoms with Crippen LogP contribution in [0.3, 0.4) is 0 Å². The number of benzene rings is 3. The number of aromatic nitrogens is 3. The first-order chi connectivity index (χ1) is 18.5. The molecule has 0 bridgehead atoms. The Morgan fingerprint density at radius 1 is 0.947 bits per heavy atom. The second-order valence-corrected chi connectivity index (χ2v) is 9.55. The minimum absolute atomic E-state index is 0.0389. The van der Waals surface area contributed by atoms with Gasteiger partial charge in [0.2, 0.25) is 5.95 Å². The Balaban J connectivity index is 1.23. The standard InChI is InChI=1S/C30H26N6O2/c1-34(2)28(37)22-12-10-21(11-13-22)25-9-6-16-36-27(25)32-30(33-36)31-24-14-15-26-23(17-24)19-35(29(26)38)18-20-7-4-3-5-8-20/h3-17H,18-19H2,1-2H3,(H,31,33). The van der Waals surface area contributed by atoms with Gasteiger partial charge in [0.05, 0.1) is 0 Å². The number of hydrogen-bond donors (Lipinski definition) is 1. The summed E-state index contributed by atoms with van der Waals surface area (Å²) in [4.78, 5) is 33.3. The van der Waals surface area contributed by atoms with Gasteiger partial charge in [0.15, 0.2) is 5.65 Å². The van der Waals surface area contributed by atoms with Crippen molar-refractivity contribution in [2.45, 2.75) is 13.1 Å². The number of hydrogen-bond acceptors (Lipinski definition) is 5. The van der Waals surface area contributed by atoms with Crippen LogP contribution in [0.4, 0.5) is 11.6 Å². The van der Waals surface area contributed by atoms with E-state index in [0.29, 0.717) is 30.2 Å². The largest absolute Gasteiger partial charge is 0.345 e. The van der Waals surface area contributed by atoms with Crippen molar-refractivity contribution in [2.24, 2.45) is 0 Å². The van der Waals surface area contributed by atoms with Gasteiger partial charge in [-0.1, -0.05) is 42.5 Å². The Labute approximate surface area is 220 Å². The Morgan fingerprint density at radius 2 is 1.74 bits per heavy atom. The molecule has 188 valence electrons. The fraction of sp³-hybridized carbons (Fsp3) is 0.133. The van der Waals surface area contributed by atoms with Crippen LogP contribution in [-0.4, -0.2) is 50.3 Å². The molecule has 2 amide bonds. The molecule has 3 aromatic carbocycles. The fourth-order valence-corrected chi connectivity index (χ4v) is 4.75. The summed E-state index contributed by atoms with van der Waals surface area (Å²) in [6.07, 6.45) is 1.85. The van der Waals surface area contributed by atoms with E-state index in [1.54, 1.807) is 23.5 Å². The summed E-state index contributed by atoms with van der Waals surface area (Å²) < 4.78 is 1.73. The van der Waals surface area contributed by atoms with Gasteiger partial charge < -0.3 is 15.1 Å². The summed E-state index contributed by atoms with van der Waals surface area (Å²) in [5.41, 5.74) is 6.82. The highest BCUT2D eigenvalue weighted by molar-refractivity contribution is 5.99. The van der Waals surface area contributed by atoms with Crippen LogP contribution in [0.1, 0.15) is 31.8 Å². The van der Waals surface area contributed by atoms with Crippen molar-refractivity contribution in [3.05, 3.63) is 113 Å². The molecule has 0 unspecified atom stereocenters. The minimum Gasteiger partial charge on any atom is -0.345 e. The van der Waals surface area contributed by atoms with Crippen LogP contribution in [0.15, 0.2) is 91.1 Å². The average Bonchev–Trinajstić information content (AvgIpc) is 3.48. The molecule has 3 heterocycles. The van der Waals surface area contributed by atoms with E-state index in [1.165, 1.54) is 0 Å². The molecular formula is C30H26N6O2. The van der Waals surface area contributed by atoms with E-state index in [9.17, 15) is 9.59 Å². The number of rotatable bonds is 6. The lowest BCUT2D eigenvalue weighted by atomic mass is 10.0. The zero-order valence-electron chi connectivity index (χ0n) is 21.1. The summed E-state index contributed by atoms with van der Waals surface area (Å²) in [5.74, 6) is 0.467. The molecule has 0 aliphatic carbocycles. The van der Waals surface area contributed by atoms with Gasteiger partial charge in [-0.25, -0.2) is 4.52 Å². The van der Waals surface area contributed by atoms with E-state index in [2.05, 4.69) is 10.4 Å². The fourth-order valence-electron chi connectivity index (χ4n) is 4.75. The summed E-state index contributed by atoms with van der Waals surface area (Å²) in [7, 11) is 3.47. The number of carbonyl (C=O) groups excluding carboxylic acids is 2. The second-order valence-electron chi connectivity index (χ2n) is 9.55. The zero-order chi connectivity index (χ0) is 26.2. The van der Waals surface area contributed by atoms with E-state index >= 15 is 0 Å². The molecule has 0 atom stereocenters. The van der Waals surface area contributed by atoms with E-state index < -0.39 is 0 Å². The van der Waals surface area contributed by atoms with Crippen molar-refractivity contribution in [2.75, 3.05) is 19.4 Å². The Bertz CT molecular complexity index is 1660. The average molecular weight is 503 g/mol. The van der Waals surface area contributed by atoms with Crippen molar-refractivity contribution in [1.82, 2.24) is 24.4 Å². The minimum atomic E-state index is -0.0389. The van der Waals surface area contributed by atoms with Crippen molar-refractivity contribution < 1.29 is 9.59 Å². The number of anilines is 2. The SMILES string of the molecule is CN(C)C(=O)c1ccc(-c2cccn3nc(Nc4ccc5c(c4)CN(Cc4ccccc4)C5=O)nc23)cc1. The molecule has 6 rings (SSSR count). The topological polar surface area (TPSA) is 82.8 Å². The summed E-state index contributed by atoms with van der Waals surface area (Å²) in [6.45, 7) is 1.14. The van der Waals surface area contributed by atoms with E-state index in [1.807, 2.05) is 96.0 Å². The number of carbonyl (C=O) groups is 2. The van der Waals surface area contributed by atoms with E-state index in [0.717, 1.165) is 33.5 Å². The lowest BCUT2D eigenvalue weighted by molar-refractivity contribution is 0.0766. The van der Waals surface area contributed by atoms with Crippen LogP contribution in [0.2, 0.25) is 0 Å². The Hall–Kier alpha value is -4.98. The first-order valence-corrected chi connectivity index (χ1v) is 12.4. The zero-order valence-corrected chi connectivity index (χ0v) is 21.1. The smallest absolute Gasteiger partial charge is 0.254 e. The first kappa shape index (κ1) is 23.4.